The predicted molar refractivity (Wildman–Crippen MR) is 79.3 cm³/mol. The summed E-state index contributed by atoms with van der Waals surface area (Å²) in [4.78, 5) is 14.0. The van der Waals surface area contributed by atoms with Crippen molar-refractivity contribution in [2.24, 2.45) is 0 Å². The van der Waals surface area contributed by atoms with Crippen molar-refractivity contribution in [2.75, 3.05) is 40.4 Å². The minimum absolute atomic E-state index is 0.726. The van der Waals surface area contributed by atoms with Gasteiger partial charge in [0.2, 0.25) is 6.41 Å². The Kier molecular flexibility index (Phi) is 5.25. The van der Waals surface area contributed by atoms with E-state index in [1.54, 1.807) is 14.2 Å². The molecule has 2 rings (SSSR count). The Morgan fingerprint density at radius 2 is 1.85 bits per heavy atom. The van der Waals surface area contributed by atoms with E-state index in [9.17, 15) is 4.79 Å². The van der Waals surface area contributed by atoms with Gasteiger partial charge in [-0.3, -0.25) is 4.79 Å². The molecule has 1 aromatic rings. The molecular formula is C14H20BrN2O3+. The highest BCUT2D eigenvalue weighted by Gasteiger charge is 2.20. The van der Waals surface area contributed by atoms with Crippen molar-refractivity contribution in [2.45, 2.75) is 6.54 Å². The SMILES string of the molecule is COc1cc(Br)c(C[NH+]2CCN(C=O)CC2)cc1OC. The summed E-state index contributed by atoms with van der Waals surface area (Å²) >= 11 is 3.59. The molecule has 0 bridgehead atoms. The summed E-state index contributed by atoms with van der Waals surface area (Å²) in [5.41, 5.74) is 1.19. The third-order valence-electron chi connectivity index (χ3n) is 3.65. The lowest BCUT2D eigenvalue weighted by Gasteiger charge is -2.30. The van der Waals surface area contributed by atoms with E-state index in [2.05, 4.69) is 15.9 Å². The van der Waals surface area contributed by atoms with Gasteiger partial charge in [-0.25, -0.2) is 0 Å². The lowest BCUT2D eigenvalue weighted by atomic mass is 10.1. The van der Waals surface area contributed by atoms with Crippen LogP contribution in [0.1, 0.15) is 5.56 Å². The van der Waals surface area contributed by atoms with Crippen molar-refractivity contribution in [3.63, 3.8) is 0 Å². The number of hydrogen-bond donors (Lipinski definition) is 1. The zero-order valence-electron chi connectivity index (χ0n) is 11.8. The smallest absolute Gasteiger partial charge is 0.210 e. The van der Waals surface area contributed by atoms with Crippen LogP contribution < -0.4 is 14.4 Å². The normalized spacial score (nSPS) is 16.1. The van der Waals surface area contributed by atoms with Crippen LogP contribution in [0, 0.1) is 0 Å². The summed E-state index contributed by atoms with van der Waals surface area (Å²) in [7, 11) is 3.28. The van der Waals surface area contributed by atoms with Crippen molar-refractivity contribution in [3.8, 4) is 11.5 Å². The maximum absolute atomic E-state index is 10.7. The first-order chi connectivity index (χ1) is 9.67. The molecule has 5 nitrogen and oxygen atoms in total. The van der Waals surface area contributed by atoms with Gasteiger partial charge in [0.05, 0.1) is 40.4 Å². The van der Waals surface area contributed by atoms with Gasteiger partial charge in [-0.15, -0.1) is 0 Å². The predicted octanol–water partition coefficient (Wildman–Crippen LogP) is 0.323. The van der Waals surface area contributed by atoms with Gasteiger partial charge in [-0.1, -0.05) is 15.9 Å². The molecular weight excluding hydrogens is 324 g/mol. The van der Waals surface area contributed by atoms with Gasteiger partial charge in [0.15, 0.2) is 11.5 Å². The number of benzene rings is 1. The summed E-state index contributed by atoms with van der Waals surface area (Å²) in [6.45, 7) is 4.50. The molecule has 1 aromatic carbocycles. The van der Waals surface area contributed by atoms with Crippen LogP contribution in [0.3, 0.4) is 0 Å². The van der Waals surface area contributed by atoms with Gasteiger partial charge < -0.3 is 19.3 Å². The highest BCUT2D eigenvalue weighted by Crippen LogP contribution is 2.32. The fourth-order valence-electron chi connectivity index (χ4n) is 2.42. The van der Waals surface area contributed by atoms with E-state index in [1.165, 1.54) is 10.5 Å². The average Bonchev–Trinajstić information content (AvgIpc) is 2.49. The van der Waals surface area contributed by atoms with Crippen LogP contribution in [0.2, 0.25) is 0 Å². The van der Waals surface area contributed by atoms with Crippen molar-refractivity contribution >= 4 is 22.3 Å². The fourth-order valence-corrected chi connectivity index (χ4v) is 2.89. The first-order valence-corrected chi connectivity index (χ1v) is 7.40. The number of ether oxygens (including phenoxy) is 2. The summed E-state index contributed by atoms with van der Waals surface area (Å²) in [5, 5.41) is 0. The van der Waals surface area contributed by atoms with E-state index < -0.39 is 0 Å². The molecule has 6 heteroatoms. The molecule has 1 fully saturated rings. The highest BCUT2D eigenvalue weighted by atomic mass is 79.9. The Labute approximate surface area is 127 Å². The number of halogens is 1. The van der Waals surface area contributed by atoms with Crippen LogP contribution in [0.4, 0.5) is 0 Å². The largest absolute Gasteiger partial charge is 0.493 e. The Morgan fingerprint density at radius 1 is 1.25 bits per heavy atom. The van der Waals surface area contributed by atoms with Crippen LogP contribution in [0.5, 0.6) is 11.5 Å². The molecule has 20 heavy (non-hydrogen) atoms. The Bertz CT molecular complexity index is 474. The maximum atomic E-state index is 10.7. The van der Waals surface area contributed by atoms with E-state index in [4.69, 9.17) is 9.47 Å². The minimum atomic E-state index is 0.726. The van der Waals surface area contributed by atoms with Crippen molar-refractivity contribution in [1.82, 2.24) is 4.90 Å². The van der Waals surface area contributed by atoms with Gasteiger partial charge in [-0.2, -0.15) is 0 Å². The van der Waals surface area contributed by atoms with Crippen molar-refractivity contribution in [1.29, 1.82) is 0 Å². The molecule has 0 aromatic heterocycles. The number of carbonyl (C=O) groups is 1. The van der Waals surface area contributed by atoms with Crippen LogP contribution in [-0.2, 0) is 11.3 Å². The lowest BCUT2D eigenvalue weighted by Crippen LogP contribution is -3.13. The molecule has 0 unspecified atom stereocenters. The van der Waals surface area contributed by atoms with E-state index in [0.717, 1.165) is 55.1 Å². The first kappa shape index (κ1) is 15.1. The summed E-state index contributed by atoms with van der Waals surface area (Å²) in [6, 6.07) is 3.96. The van der Waals surface area contributed by atoms with Crippen LogP contribution in [0.15, 0.2) is 16.6 Å². The number of nitrogens with one attached hydrogen (secondary N) is 1. The second-order valence-electron chi connectivity index (χ2n) is 4.87. The molecule has 0 atom stereocenters. The summed E-state index contributed by atoms with van der Waals surface area (Å²) in [5.74, 6) is 1.47. The second-order valence-corrected chi connectivity index (χ2v) is 5.72. The molecule has 1 saturated heterocycles. The molecule has 1 amide bonds. The molecule has 0 radical (unpaired) electrons. The Morgan fingerprint density at radius 3 is 2.40 bits per heavy atom. The Hall–Kier alpha value is -1.27. The molecule has 0 saturated carbocycles. The van der Waals surface area contributed by atoms with E-state index in [1.807, 2.05) is 17.0 Å². The van der Waals surface area contributed by atoms with E-state index >= 15 is 0 Å². The number of methoxy groups -OCH3 is 2. The van der Waals surface area contributed by atoms with Crippen LogP contribution >= 0.6 is 15.9 Å². The quantitative estimate of drug-likeness (QED) is 0.783. The number of amides is 1. The Balaban J connectivity index is 2.08. The standard InChI is InChI=1S/C14H19BrN2O3/c1-19-13-7-11(12(15)8-14(13)20-2)9-16-3-5-17(10-18)6-4-16/h7-8,10H,3-6,9H2,1-2H3/p+1. The number of quaternary nitrogens is 1. The average molecular weight is 344 g/mol. The summed E-state index contributed by atoms with van der Waals surface area (Å²) < 4.78 is 11.7. The molecule has 0 spiro atoms. The van der Waals surface area contributed by atoms with Crippen molar-refractivity contribution in [3.05, 3.63) is 22.2 Å². The van der Waals surface area contributed by atoms with Gasteiger partial charge in [0, 0.05) is 10.0 Å². The zero-order chi connectivity index (χ0) is 14.5. The molecule has 0 aliphatic carbocycles. The topological polar surface area (TPSA) is 43.2 Å². The zero-order valence-corrected chi connectivity index (χ0v) is 13.4. The second kappa shape index (κ2) is 6.95. The van der Waals surface area contributed by atoms with Crippen LogP contribution in [0.25, 0.3) is 0 Å². The highest BCUT2D eigenvalue weighted by molar-refractivity contribution is 9.10. The fraction of sp³-hybridized carbons (Fsp3) is 0.500. The number of carbonyl (C=O) groups excluding carboxylic acids is 1. The number of rotatable bonds is 5. The number of piperazine rings is 1. The van der Waals surface area contributed by atoms with E-state index in [0.29, 0.717) is 0 Å². The lowest BCUT2D eigenvalue weighted by molar-refractivity contribution is -0.917. The molecule has 1 N–H and O–H groups in total. The van der Waals surface area contributed by atoms with Crippen molar-refractivity contribution < 1.29 is 19.2 Å². The number of hydrogen-bond acceptors (Lipinski definition) is 3. The maximum Gasteiger partial charge on any atom is 0.210 e. The van der Waals surface area contributed by atoms with Crippen LogP contribution in [-0.4, -0.2) is 51.7 Å². The van der Waals surface area contributed by atoms with E-state index in [-0.39, 0.29) is 0 Å². The molecule has 1 aliphatic heterocycles. The summed E-state index contributed by atoms with van der Waals surface area (Å²) in [6.07, 6.45) is 0.934. The number of nitrogens with zero attached hydrogens (tertiary/aromatic N) is 1. The third-order valence-corrected chi connectivity index (χ3v) is 4.39. The molecule has 1 aliphatic rings. The van der Waals surface area contributed by atoms with Gasteiger partial charge >= 0.3 is 0 Å². The van der Waals surface area contributed by atoms with Gasteiger partial charge in [-0.05, 0) is 12.1 Å². The molecule has 1 heterocycles. The molecule has 110 valence electrons. The first-order valence-electron chi connectivity index (χ1n) is 6.61. The third kappa shape index (κ3) is 3.43. The van der Waals surface area contributed by atoms with Gasteiger partial charge in [0.1, 0.15) is 6.54 Å². The minimum Gasteiger partial charge on any atom is -0.493 e. The van der Waals surface area contributed by atoms with Gasteiger partial charge in [0.25, 0.3) is 0 Å². The monoisotopic (exact) mass is 343 g/mol.